The van der Waals surface area contributed by atoms with Gasteiger partial charge in [0.15, 0.2) is 0 Å². The van der Waals surface area contributed by atoms with Crippen molar-refractivity contribution in [2.75, 3.05) is 13.2 Å². The fourth-order valence-electron chi connectivity index (χ4n) is 2.73. The highest BCUT2D eigenvalue weighted by Gasteiger charge is 2.16. The SMILES string of the molecule is C=CC(=O)OCCCCCCOc1ccc(C(=O)Oc2ccc(C)cc2C(=O)O)cc1. The van der Waals surface area contributed by atoms with Crippen LogP contribution in [0.5, 0.6) is 11.5 Å². The van der Waals surface area contributed by atoms with Crippen molar-refractivity contribution in [3.8, 4) is 11.5 Å². The summed E-state index contributed by atoms with van der Waals surface area (Å²) >= 11 is 0. The number of hydrogen-bond acceptors (Lipinski definition) is 6. The second-order valence-corrected chi connectivity index (χ2v) is 6.85. The van der Waals surface area contributed by atoms with Crippen molar-refractivity contribution in [1.29, 1.82) is 0 Å². The Morgan fingerprint density at radius 2 is 1.65 bits per heavy atom. The van der Waals surface area contributed by atoms with E-state index in [2.05, 4.69) is 6.58 Å². The number of carboxylic acids is 1. The summed E-state index contributed by atoms with van der Waals surface area (Å²) in [5.41, 5.74) is 0.986. The number of esters is 2. The van der Waals surface area contributed by atoms with Gasteiger partial charge in [-0.1, -0.05) is 18.2 Å². The summed E-state index contributed by atoms with van der Waals surface area (Å²) in [7, 11) is 0. The summed E-state index contributed by atoms with van der Waals surface area (Å²) in [6.07, 6.45) is 4.66. The zero-order valence-corrected chi connectivity index (χ0v) is 17.5. The smallest absolute Gasteiger partial charge is 0.343 e. The highest BCUT2D eigenvalue weighted by Crippen LogP contribution is 2.22. The summed E-state index contributed by atoms with van der Waals surface area (Å²) in [4.78, 5) is 34.6. The fraction of sp³-hybridized carbons (Fsp3) is 0.292. The van der Waals surface area contributed by atoms with Crippen LogP contribution in [-0.2, 0) is 9.53 Å². The maximum atomic E-state index is 12.3. The van der Waals surface area contributed by atoms with E-state index in [-0.39, 0.29) is 11.3 Å². The maximum Gasteiger partial charge on any atom is 0.343 e. The first-order chi connectivity index (χ1) is 14.9. The predicted octanol–water partition coefficient (Wildman–Crippen LogP) is 4.58. The fourth-order valence-corrected chi connectivity index (χ4v) is 2.73. The van der Waals surface area contributed by atoms with Crippen molar-refractivity contribution < 1.29 is 33.7 Å². The first-order valence-electron chi connectivity index (χ1n) is 9.99. The lowest BCUT2D eigenvalue weighted by molar-refractivity contribution is -0.137. The molecule has 0 bridgehead atoms. The molecular weight excluding hydrogens is 400 g/mol. The quantitative estimate of drug-likeness (QED) is 0.229. The summed E-state index contributed by atoms with van der Waals surface area (Å²) < 4.78 is 15.8. The molecule has 7 nitrogen and oxygen atoms in total. The molecule has 31 heavy (non-hydrogen) atoms. The monoisotopic (exact) mass is 426 g/mol. The van der Waals surface area contributed by atoms with E-state index < -0.39 is 17.9 Å². The summed E-state index contributed by atoms with van der Waals surface area (Å²) in [5, 5.41) is 9.27. The van der Waals surface area contributed by atoms with Crippen molar-refractivity contribution in [3.05, 3.63) is 71.8 Å². The van der Waals surface area contributed by atoms with Gasteiger partial charge in [0.2, 0.25) is 0 Å². The molecule has 0 aliphatic rings. The molecule has 2 aromatic carbocycles. The highest BCUT2D eigenvalue weighted by atomic mass is 16.5. The Hall–Kier alpha value is -3.61. The number of benzene rings is 2. The van der Waals surface area contributed by atoms with E-state index in [0.717, 1.165) is 37.3 Å². The van der Waals surface area contributed by atoms with Gasteiger partial charge in [-0.15, -0.1) is 0 Å². The summed E-state index contributed by atoms with van der Waals surface area (Å²) in [6.45, 7) is 6.02. The minimum Gasteiger partial charge on any atom is -0.494 e. The number of carbonyl (C=O) groups excluding carboxylic acids is 2. The van der Waals surface area contributed by atoms with Crippen LogP contribution in [0, 0.1) is 6.92 Å². The van der Waals surface area contributed by atoms with Crippen LogP contribution in [0.15, 0.2) is 55.1 Å². The summed E-state index contributed by atoms with van der Waals surface area (Å²) in [6, 6.07) is 11.1. The van der Waals surface area contributed by atoms with Gasteiger partial charge in [-0.2, -0.15) is 0 Å². The Kier molecular flexibility index (Phi) is 9.29. The zero-order valence-electron chi connectivity index (χ0n) is 17.5. The molecular formula is C24H26O7. The van der Waals surface area contributed by atoms with E-state index >= 15 is 0 Å². The molecule has 0 aliphatic heterocycles. The van der Waals surface area contributed by atoms with Gasteiger partial charge in [0.1, 0.15) is 17.1 Å². The normalized spacial score (nSPS) is 10.2. The molecule has 2 rings (SSSR count). The Bertz CT molecular complexity index is 916. The van der Waals surface area contributed by atoms with Gasteiger partial charge in [0.25, 0.3) is 0 Å². The second-order valence-electron chi connectivity index (χ2n) is 6.85. The van der Waals surface area contributed by atoms with Crippen LogP contribution in [-0.4, -0.2) is 36.2 Å². The van der Waals surface area contributed by atoms with Gasteiger partial charge in [-0.05, 0) is 69.0 Å². The Balaban J connectivity index is 1.75. The molecule has 0 spiro atoms. The third-order valence-corrected chi connectivity index (χ3v) is 4.38. The molecule has 0 fully saturated rings. The van der Waals surface area contributed by atoms with E-state index in [1.165, 1.54) is 12.1 Å². The van der Waals surface area contributed by atoms with Crippen molar-refractivity contribution in [2.45, 2.75) is 32.6 Å². The molecule has 0 amide bonds. The van der Waals surface area contributed by atoms with Crippen LogP contribution in [0.4, 0.5) is 0 Å². The van der Waals surface area contributed by atoms with Crippen LogP contribution in [0.2, 0.25) is 0 Å². The lowest BCUT2D eigenvalue weighted by atomic mass is 10.1. The van der Waals surface area contributed by atoms with Crippen molar-refractivity contribution in [1.82, 2.24) is 0 Å². The first kappa shape index (κ1) is 23.7. The van der Waals surface area contributed by atoms with E-state index in [0.29, 0.717) is 24.5 Å². The zero-order chi connectivity index (χ0) is 22.6. The third kappa shape index (κ3) is 7.97. The number of rotatable bonds is 12. The molecule has 2 aromatic rings. The molecule has 0 saturated heterocycles. The van der Waals surface area contributed by atoms with Crippen LogP contribution < -0.4 is 9.47 Å². The van der Waals surface area contributed by atoms with Crippen LogP contribution >= 0.6 is 0 Å². The molecule has 0 radical (unpaired) electrons. The number of unbranched alkanes of at least 4 members (excludes halogenated alkanes) is 3. The Labute approximate surface area is 181 Å². The molecule has 0 aliphatic carbocycles. The molecule has 0 aromatic heterocycles. The topological polar surface area (TPSA) is 99.1 Å². The number of aryl methyl sites for hydroxylation is 1. The average Bonchev–Trinajstić information content (AvgIpc) is 2.76. The van der Waals surface area contributed by atoms with Gasteiger partial charge in [-0.3, -0.25) is 0 Å². The van der Waals surface area contributed by atoms with Gasteiger partial charge in [-0.25, -0.2) is 14.4 Å². The van der Waals surface area contributed by atoms with Gasteiger partial charge in [0, 0.05) is 6.08 Å². The maximum absolute atomic E-state index is 12.3. The molecule has 1 N–H and O–H groups in total. The molecule has 0 saturated carbocycles. The molecule has 7 heteroatoms. The predicted molar refractivity (Wildman–Crippen MR) is 115 cm³/mol. The number of hydrogen-bond donors (Lipinski definition) is 1. The van der Waals surface area contributed by atoms with Crippen molar-refractivity contribution in [3.63, 3.8) is 0 Å². The Morgan fingerprint density at radius 1 is 0.968 bits per heavy atom. The number of aromatic carboxylic acids is 1. The lowest BCUT2D eigenvalue weighted by Gasteiger charge is -2.09. The third-order valence-electron chi connectivity index (χ3n) is 4.38. The highest BCUT2D eigenvalue weighted by molar-refractivity contribution is 5.95. The van der Waals surface area contributed by atoms with Crippen LogP contribution in [0.25, 0.3) is 0 Å². The van der Waals surface area contributed by atoms with Crippen molar-refractivity contribution >= 4 is 17.9 Å². The van der Waals surface area contributed by atoms with E-state index in [1.807, 2.05) is 0 Å². The minimum atomic E-state index is -1.16. The molecule has 164 valence electrons. The minimum absolute atomic E-state index is 0.00249. The molecule has 0 heterocycles. The van der Waals surface area contributed by atoms with E-state index in [4.69, 9.17) is 14.2 Å². The lowest BCUT2D eigenvalue weighted by Crippen LogP contribution is -2.11. The largest absolute Gasteiger partial charge is 0.494 e. The van der Waals surface area contributed by atoms with Crippen molar-refractivity contribution in [2.24, 2.45) is 0 Å². The average molecular weight is 426 g/mol. The first-order valence-corrected chi connectivity index (χ1v) is 9.99. The van der Waals surface area contributed by atoms with Crippen LogP contribution in [0.3, 0.4) is 0 Å². The number of carboxylic acid groups (broad SMARTS) is 1. The summed E-state index contributed by atoms with van der Waals surface area (Å²) in [5.74, 6) is -1.58. The molecule has 0 unspecified atom stereocenters. The molecule has 0 atom stereocenters. The van der Waals surface area contributed by atoms with E-state index in [1.54, 1.807) is 37.3 Å². The van der Waals surface area contributed by atoms with Gasteiger partial charge in [0.05, 0.1) is 18.8 Å². The van der Waals surface area contributed by atoms with E-state index in [9.17, 15) is 19.5 Å². The van der Waals surface area contributed by atoms with Gasteiger partial charge >= 0.3 is 17.9 Å². The van der Waals surface area contributed by atoms with Gasteiger partial charge < -0.3 is 19.3 Å². The number of carbonyl (C=O) groups is 3. The number of ether oxygens (including phenoxy) is 3. The second kappa shape index (κ2) is 12.2. The standard InChI is InChI=1S/C24H26O7/c1-3-22(25)30-15-7-5-4-6-14-29-19-11-9-18(10-12-19)24(28)31-21-13-8-17(2)16-20(21)23(26)27/h3,8-13,16H,1,4-7,14-15H2,2H3,(H,26,27). The van der Waals surface area contributed by atoms with Crippen LogP contribution in [0.1, 0.15) is 52.0 Å². The Morgan fingerprint density at radius 3 is 2.29 bits per heavy atom.